The van der Waals surface area contributed by atoms with Gasteiger partial charge in [0, 0.05) is 168 Å². The van der Waals surface area contributed by atoms with Gasteiger partial charge >= 0.3 is 0 Å². The molecule has 0 aliphatic carbocycles. The first kappa shape index (κ1) is 55.3. The molecule has 0 bridgehead atoms. The highest BCUT2D eigenvalue weighted by atomic mass is 35.5. The molecular weight excluding hydrogens is 1100 g/mol. The molecule has 3 aromatic carbocycles. The van der Waals surface area contributed by atoms with Gasteiger partial charge in [-0.2, -0.15) is 28.1 Å². The number of aromatic nitrogens is 9. The molecule has 78 heavy (non-hydrogen) atoms. The summed E-state index contributed by atoms with van der Waals surface area (Å²) < 4.78 is 13.4. The normalized spacial score (nSPS) is 15.4. The van der Waals surface area contributed by atoms with Crippen LogP contribution in [0, 0.1) is 13.8 Å². The topological polar surface area (TPSA) is 135 Å². The fraction of sp³-hybridized carbons (Fsp3) is 0.316. The molecule has 15 nitrogen and oxygen atoms in total. The Morgan fingerprint density at radius 2 is 0.962 bits per heavy atom. The molecule has 0 spiro atoms. The smallest absolute Gasteiger partial charge is 0.205 e. The zero-order valence-electron chi connectivity index (χ0n) is 43.6. The summed E-state index contributed by atoms with van der Waals surface area (Å²) in [6, 6.07) is 37.0. The lowest BCUT2D eigenvalue weighted by Crippen LogP contribution is -2.47. The van der Waals surface area contributed by atoms with Crippen LogP contribution in [0.4, 0.5) is 15.4 Å². The second-order valence-corrected chi connectivity index (χ2v) is 22.8. The molecule has 0 atom stereocenters. The number of pyridine rings is 3. The van der Waals surface area contributed by atoms with Crippen LogP contribution in [0.5, 0.6) is 0 Å². The van der Waals surface area contributed by atoms with Crippen molar-refractivity contribution in [2.45, 2.75) is 33.4 Å². The van der Waals surface area contributed by atoms with Crippen LogP contribution in [0.25, 0.3) is 34.4 Å². The molecule has 0 unspecified atom stereocenters. The van der Waals surface area contributed by atoms with Crippen LogP contribution in [0.2, 0.25) is 15.1 Å². The number of rotatable bonds is 13. The fourth-order valence-corrected chi connectivity index (χ4v) is 11.9. The van der Waals surface area contributed by atoms with Crippen LogP contribution >= 0.6 is 69.4 Å². The number of benzene rings is 3. The summed E-state index contributed by atoms with van der Waals surface area (Å²) >= 11 is 22.2. The molecule has 3 saturated heterocycles. The van der Waals surface area contributed by atoms with Gasteiger partial charge in [0.05, 0.1) is 10.0 Å². The molecule has 6 aromatic heterocycles. The monoisotopic (exact) mass is 1160 g/mol. The molecular formula is C57H60Cl3N15S3. The minimum atomic E-state index is 0.603. The van der Waals surface area contributed by atoms with Gasteiger partial charge in [-0.05, 0) is 78.4 Å². The van der Waals surface area contributed by atoms with Gasteiger partial charge in [0.25, 0.3) is 0 Å². The molecule has 0 saturated carbocycles. The zero-order valence-corrected chi connectivity index (χ0v) is 48.3. The molecule has 0 N–H and O–H groups in total. The Kier molecular flexibility index (Phi) is 19.3. The molecule has 3 aliphatic heterocycles. The standard InChI is InChI=1S/3C19H20ClN5S/c1-14-4-2-3-5-15(14)13-24-8-10-25(11-9-24)19-22-18(23-26-19)17-12-16(20)6-7-21-17;1-14-4-2-3-5-15(14)13-24-8-10-25(11-9-24)19-22-18(23-26-19)17-7-6-16(20)12-21-17;20-17-12-16(13-21-14-17)18-22-19(26-23-18)25-10-8-24(9-11-25)7-6-15-4-2-1-3-5-15/h2*2-7,12H,8-11,13H2,1H3;1-5,12-14H,6-11H2. The Morgan fingerprint density at radius 3 is 1.49 bits per heavy atom. The van der Waals surface area contributed by atoms with Crippen LogP contribution < -0.4 is 14.7 Å². The molecule has 12 rings (SSSR count). The quantitative estimate of drug-likeness (QED) is 0.108. The lowest BCUT2D eigenvalue weighted by molar-refractivity contribution is 0.249. The van der Waals surface area contributed by atoms with E-state index in [1.54, 1.807) is 36.9 Å². The van der Waals surface area contributed by atoms with E-state index >= 15 is 0 Å². The molecule has 0 radical (unpaired) electrons. The van der Waals surface area contributed by atoms with E-state index in [2.05, 4.69) is 165 Å². The third kappa shape index (κ3) is 15.2. The Bertz CT molecular complexity index is 3300. The van der Waals surface area contributed by atoms with Crippen molar-refractivity contribution in [2.24, 2.45) is 0 Å². The highest BCUT2D eigenvalue weighted by Gasteiger charge is 2.24. The zero-order chi connectivity index (χ0) is 53.6. The second-order valence-electron chi connectivity index (χ2n) is 19.3. The van der Waals surface area contributed by atoms with E-state index in [4.69, 9.17) is 34.8 Å². The number of nitrogens with zero attached hydrogens (tertiary/aromatic N) is 15. The van der Waals surface area contributed by atoms with Gasteiger partial charge in [0.2, 0.25) is 15.4 Å². The van der Waals surface area contributed by atoms with Crippen LogP contribution in [-0.4, -0.2) is 143 Å². The van der Waals surface area contributed by atoms with E-state index in [0.717, 1.165) is 137 Å². The maximum atomic E-state index is 6.04. The van der Waals surface area contributed by atoms with Crippen molar-refractivity contribution in [2.75, 3.05) is 99.8 Å². The SMILES string of the molecule is Cc1ccccc1CN1CCN(c2nc(-c3cc(Cl)ccn3)ns2)CC1.Cc1ccccc1CN1CCN(c2nc(-c3ccc(Cl)cn3)ns2)CC1.Clc1cncc(-c2nsc(N3CCN(CCc4ccccc4)CC3)n2)c1. The highest BCUT2D eigenvalue weighted by Crippen LogP contribution is 2.29. The van der Waals surface area contributed by atoms with Crippen molar-refractivity contribution in [3.63, 3.8) is 0 Å². The molecule has 21 heteroatoms. The molecule has 3 aliphatic rings. The molecule has 3 fully saturated rings. The first-order chi connectivity index (χ1) is 38.1. The van der Waals surface area contributed by atoms with Crippen molar-refractivity contribution < 1.29 is 0 Å². The first-order valence-electron chi connectivity index (χ1n) is 26.1. The number of halogens is 3. The van der Waals surface area contributed by atoms with E-state index in [9.17, 15) is 0 Å². The van der Waals surface area contributed by atoms with E-state index in [0.29, 0.717) is 32.5 Å². The van der Waals surface area contributed by atoms with E-state index in [1.807, 2.05) is 18.2 Å². The average Bonchev–Trinajstić information content (AvgIpc) is 4.32. The Labute approximate surface area is 483 Å². The Balaban J connectivity index is 0.000000132. The van der Waals surface area contributed by atoms with Crippen LogP contribution in [0.3, 0.4) is 0 Å². The lowest BCUT2D eigenvalue weighted by Gasteiger charge is -2.34. The average molecular weight is 1160 g/mol. The van der Waals surface area contributed by atoms with Crippen molar-refractivity contribution in [1.29, 1.82) is 0 Å². The van der Waals surface area contributed by atoms with Crippen molar-refractivity contribution in [3.8, 4) is 34.4 Å². The fourth-order valence-electron chi connectivity index (χ4n) is 9.27. The minimum absolute atomic E-state index is 0.603. The maximum Gasteiger partial charge on any atom is 0.205 e. The lowest BCUT2D eigenvalue weighted by atomic mass is 10.1. The summed E-state index contributed by atoms with van der Waals surface area (Å²) in [5, 5.41) is 4.77. The van der Waals surface area contributed by atoms with E-state index < -0.39 is 0 Å². The van der Waals surface area contributed by atoms with Gasteiger partial charge in [-0.25, -0.2) is 0 Å². The predicted molar refractivity (Wildman–Crippen MR) is 321 cm³/mol. The second kappa shape index (κ2) is 27.2. The van der Waals surface area contributed by atoms with Crippen molar-refractivity contribution in [3.05, 3.63) is 177 Å². The van der Waals surface area contributed by atoms with Gasteiger partial charge in [-0.15, -0.1) is 0 Å². The molecule has 0 amide bonds. The van der Waals surface area contributed by atoms with Crippen LogP contribution in [-0.2, 0) is 19.5 Å². The molecule has 402 valence electrons. The molecule has 9 heterocycles. The summed E-state index contributed by atoms with van der Waals surface area (Å²) in [5.74, 6) is 2.02. The Morgan fingerprint density at radius 1 is 0.449 bits per heavy atom. The number of hydrogen-bond acceptors (Lipinski definition) is 18. The van der Waals surface area contributed by atoms with Gasteiger partial charge in [-0.1, -0.05) is 114 Å². The predicted octanol–water partition coefficient (Wildman–Crippen LogP) is 11.4. The summed E-state index contributed by atoms with van der Waals surface area (Å²) in [6.07, 6.45) is 7.78. The van der Waals surface area contributed by atoms with Crippen molar-refractivity contribution in [1.82, 2.24) is 57.7 Å². The number of piperazine rings is 3. The first-order valence-corrected chi connectivity index (χ1v) is 29.5. The van der Waals surface area contributed by atoms with Gasteiger partial charge in [0.1, 0.15) is 11.4 Å². The van der Waals surface area contributed by atoms with E-state index in [-0.39, 0.29) is 0 Å². The van der Waals surface area contributed by atoms with Crippen LogP contribution in [0.1, 0.15) is 27.8 Å². The third-order valence-electron chi connectivity index (χ3n) is 13.9. The Hall–Kier alpha value is -6.06. The molecule has 9 aromatic rings. The summed E-state index contributed by atoms with van der Waals surface area (Å²) in [5.41, 5.74) is 9.28. The number of hydrogen-bond donors (Lipinski definition) is 0. The third-order valence-corrected chi connectivity index (χ3v) is 16.9. The highest BCUT2D eigenvalue weighted by molar-refractivity contribution is 7.10. The van der Waals surface area contributed by atoms with E-state index in [1.165, 1.54) is 62.4 Å². The number of anilines is 3. The summed E-state index contributed by atoms with van der Waals surface area (Å²) in [4.78, 5) is 41.2. The van der Waals surface area contributed by atoms with Gasteiger partial charge in [-0.3, -0.25) is 29.7 Å². The minimum Gasteiger partial charge on any atom is -0.344 e. The van der Waals surface area contributed by atoms with Gasteiger partial charge < -0.3 is 14.7 Å². The summed E-state index contributed by atoms with van der Waals surface area (Å²) in [6.45, 7) is 19.5. The van der Waals surface area contributed by atoms with Crippen LogP contribution in [0.15, 0.2) is 134 Å². The number of aryl methyl sites for hydroxylation is 2. The van der Waals surface area contributed by atoms with Crippen molar-refractivity contribution >= 4 is 84.8 Å². The largest absolute Gasteiger partial charge is 0.344 e. The van der Waals surface area contributed by atoms with Gasteiger partial charge in [0.15, 0.2) is 17.5 Å². The summed E-state index contributed by atoms with van der Waals surface area (Å²) in [7, 11) is 0. The maximum absolute atomic E-state index is 6.04.